The number of piperidine rings is 1. The number of hydrogen-bond acceptors (Lipinski definition) is 7. The van der Waals surface area contributed by atoms with E-state index < -0.39 is 23.4 Å². The average Bonchev–Trinajstić information content (AvgIpc) is 3.06. The van der Waals surface area contributed by atoms with Gasteiger partial charge in [0, 0.05) is 19.5 Å². The number of anilines is 1. The molecule has 0 aliphatic carbocycles. The lowest BCUT2D eigenvalue weighted by atomic mass is 10.00. The lowest BCUT2D eigenvalue weighted by Crippen LogP contribution is -2.38. The van der Waals surface area contributed by atoms with Crippen LogP contribution in [-0.4, -0.2) is 49.6 Å². The summed E-state index contributed by atoms with van der Waals surface area (Å²) in [6.07, 6.45) is 1.67. The van der Waals surface area contributed by atoms with Crippen LogP contribution in [0, 0.1) is 11.6 Å². The summed E-state index contributed by atoms with van der Waals surface area (Å²) in [6, 6.07) is 17.5. The number of halogens is 2. The highest BCUT2D eigenvalue weighted by atomic mass is 19.1. The van der Waals surface area contributed by atoms with Crippen LogP contribution in [0.1, 0.15) is 78.8 Å². The largest absolute Gasteiger partial charge is 0.463 e. The van der Waals surface area contributed by atoms with E-state index in [1.807, 2.05) is 19.9 Å². The SMILES string of the molecule is COC(=O)c1oc2ccc(C(C)C)cc2c(=O)c1NC(=O)CCCN1CCC(OC(c2ccc(F)cc2)c2ccc(F)cc2)CC1. The third-order valence-corrected chi connectivity index (χ3v) is 8.30. The number of nitrogens with one attached hydrogen (secondary N) is 1. The Morgan fingerprint density at radius 2 is 1.52 bits per heavy atom. The molecule has 0 radical (unpaired) electrons. The zero-order chi connectivity index (χ0) is 32.8. The predicted molar refractivity (Wildman–Crippen MR) is 171 cm³/mol. The van der Waals surface area contributed by atoms with Crippen LogP contribution < -0.4 is 10.7 Å². The van der Waals surface area contributed by atoms with Crippen molar-refractivity contribution in [2.24, 2.45) is 0 Å². The highest BCUT2D eigenvalue weighted by Gasteiger charge is 2.26. The van der Waals surface area contributed by atoms with Crippen molar-refractivity contribution in [3.8, 4) is 0 Å². The minimum absolute atomic E-state index is 0.0558. The fraction of sp³-hybridized carbons (Fsp3) is 0.361. The van der Waals surface area contributed by atoms with E-state index >= 15 is 0 Å². The quantitative estimate of drug-likeness (QED) is 0.178. The Kier molecular flexibility index (Phi) is 10.6. The van der Waals surface area contributed by atoms with Crippen molar-refractivity contribution in [3.05, 3.63) is 111 Å². The first-order valence-electron chi connectivity index (χ1n) is 15.5. The van der Waals surface area contributed by atoms with Crippen LogP contribution in [0.15, 0.2) is 75.9 Å². The maximum absolute atomic E-state index is 13.6. The fourth-order valence-corrected chi connectivity index (χ4v) is 5.67. The predicted octanol–water partition coefficient (Wildman–Crippen LogP) is 6.97. The van der Waals surface area contributed by atoms with Crippen molar-refractivity contribution in [1.29, 1.82) is 0 Å². The summed E-state index contributed by atoms with van der Waals surface area (Å²) in [5, 5.41) is 2.89. The zero-order valence-electron chi connectivity index (χ0n) is 26.2. The summed E-state index contributed by atoms with van der Waals surface area (Å²) >= 11 is 0. The van der Waals surface area contributed by atoms with Gasteiger partial charge in [-0.1, -0.05) is 44.2 Å². The average molecular weight is 633 g/mol. The Balaban J connectivity index is 1.17. The third kappa shape index (κ3) is 7.86. The van der Waals surface area contributed by atoms with Crippen LogP contribution in [0.3, 0.4) is 0 Å². The molecule has 1 N–H and O–H groups in total. The summed E-state index contributed by atoms with van der Waals surface area (Å²) in [5.41, 5.74) is 2.02. The number of methoxy groups -OCH3 is 1. The minimum Gasteiger partial charge on any atom is -0.463 e. The van der Waals surface area contributed by atoms with Crippen molar-refractivity contribution in [2.75, 3.05) is 32.1 Å². The number of fused-ring (bicyclic) bond motifs is 1. The molecule has 0 atom stereocenters. The number of nitrogens with zero attached hydrogens (tertiary/aromatic N) is 1. The molecule has 1 aliphatic heterocycles. The summed E-state index contributed by atoms with van der Waals surface area (Å²) in [6.45, 7) is 6.17. The highest BCUT2D eigenvalue weighted by Crippen LogP contribution is 2.31. The van der Waals surface area contributed by atoms with Gasteiger partial charge in [-0.05, 0) is 84.8 Å². The number of esters is 1. The van der Waals surface area contributed by atoms with Gasteiger partial charge in [0.2, 0.25) is 17.1 Å². The van der Waals surface area contributed by atoms with Gasteiger partial charge in [-0.25, -0.2) is 13.6 Å². The third-order valence-electron chi connectivity index (χ3n) is 8.30. The Bertz CT molecular complexity index is 1680. The number of likely N-dealkylation sites (tertiary alicyclic amines) is 1. The van der Waals surface area contributed by atoms with E-state index in [4.69, 9.17) is 13.9 Å². The first kappa shape index (κ1) is 33.0. The molecule has 0 bridgehead atoms. The second kappa shape index (κ2) is 14.8. The van der Waals surface area contributed by atoms with E-state index in [-0.39, 0.29) is 52.5 Å². The molecule has 242 valence electrons. The van der Waals surface area contributed by atoms with Crippen LogP contribution in [0.2, 0.25) is 0 Å². The van der Waals surface area contributed by atoms with Gasteiger partial charge >= 0.3 is 5.97 Å². The van der Waals surface area contributed by atoms with Crippen molar-refractivity contribution >= 4 is 28.5 Å². The summed E-state index contributed by atoms with van der Waals surface area (Å²) < 4.78 is 44.2. The van der Waals surface area contributed by atoms with Gasteiger partial charge in [0.05, 0.1) is 18.6 Å². The van der Waals surface area contributed by atoms with Gasteiger partial charge in [-0.3, -0.25) is 9.59 Å². The van der Waals surface area contributed by atoms with Gasteiger partial charge in [0.15, 0.2) is 0 Å². The normalized spacial score (nSPS) is 14.2. The molecule has 1 saturated heterocycles. The summed E-state index contributed by atoms with van der Waals surface area (Å²) in [7, 11) is 1.18. The summed E-state index contributed by atoms with van der Waals surface area (Å²) in [4.78, 5) is 41.0. The molecular formula is C36H38F2N2O6. The topological polar surface area (TPSA) is 98.1 Å². The van der Waals surface area contributed by atoms with Gasteiger partial charge in [-0.2, -0.15) is 0 Å². The lowest BCUT2D eigenvalue weighted by molar-refractivity contribution is -0.116. The number of carbonyl (C=O) groups excluding carboxylic acids is 2. The van der Waals surface area contributed by atoms with Gasteiger partial charge in [-0.15, -0.1) is 0 Å². The van der Waals surface area contributed by atoms with E-state index in [1.54, 1.807) is 36.4 Å². The number of rotatable bonds is 11. The number of ether oxygens (including phenoxy) is 2. The maximum atomic E-state index is 13.6. The minimum atomic E-state index is -0.853. The van der Waals surface area contributed by atoms with E-state index in [0.29, 0.717) is 13.0 Å². The highest BCUT2D eigenvalue weighted by molar-refractivity contribution is 6.01. The molecule has 1 fully saturated rings. The van der Waals surface area contributed by atoms with Crippen LogP contribution in [-0.2, 0) is 14.3 Å². The van der Waals surface area contributed by atoms with Gasteiger partial charge < -0.3 is 24.1 Å². The summed E-state index contributed by atoms with van der Waals surface area (Å²) in [5.74, 6) is -2.11. The van der Waals surface area contributed by atoms with Crippen molar-refractivity contribution in [3.63, 3.8) is 0 Å². The molecule has 1 aliphatic rings. The Labute approximate surface area is 266 Å². The van der Waals surface area contributed by atoms with Crippen molar-refractivity contribution in [1.82, 2.24) is 4.90 Å². The van der Waals surface area contributed by atoms with Crippen LogP contribution in [0.25, 0.3) is 11.0 Å². The van der Waals surface area contributed by atoms with Crippen molar-refractivity contribution < 1.29 is 32.3 Å². The standard InChI is InChI=1S/C36H38F2N2O6/c1-22(2)25-10-15-30-29(21-25)33(42)32(35(46-30)36(43)44-3)39-31(41)5-4-18-40-19-16-28(17-20-40)45-34(23-6-11-26(37)12-7-23)24-8-13-27(38)14-9-24/h6-15,21-22,28,34H,4-5,16-20H2,1-3H3,(H,39,41). The van der Waals surface area contributed by atoms with Crippen LogP contribution >= 0.6 is 0 Å². The van der Waals surface area contributed by atoms with E-state index in [1.165, 1.54) is 31.4 Å². The molecule has 0 saturated carbocycles. The number of carbonyl (C=O) groups is 2. The molecule has 0 spiro atoms. The monoisotopic (exact) mass is 632 g/mol. The molecule has 46 heavy (non-hydrogen) atoms. The van der Waals surface area contributed by atoms with E-state index in [2.05, 4.69) is 10.2 Å². The second-order valence-electron chi connectivity index (χ2n) is 11.8. The first-order valence-corrected chi connectivity index (χ1v) is 15.5. The molecule has 3 aromatic carbocycles. The number of amides is 1. The number of hydrogen-bond donors (Lipinski definition) is 1. The molecule has 1 amide bonds. The maximum Gasteiger partial charge on any atom is 0.376 e. The van der Waals surface area contributed by atoms with Gasteiger partial charge in [0.1, 0.15) is 29.0 Å². The second-order valence-corrected chi connectivity index (χ2v) is 11.8. The molecule has 1 aromatic heterocycles. The molecular weight excluding hydrogens is 594 g/mol. The molecule has 2 heterocycles. The molecule has 8 nitrogen and oxygen atoms in total. The zero-order valence-corrected chi connectivity index (χ0v) is 26.2. The Hall–Kier alpha value is -4.41. The van der Waals surface area contributed by atoms with Gasteiger partial charge in [0.25, 0.3) is 0 Å². The number of benzene rings is 3. The Morgan fingerprint density at radius 1 is 0.935 bits per heavy atom. The smallest absolute Gasteiger partial charge is 0.376 e. The molecule has 0 unspecified atom stereocenters. The fourth-order valence-electron chi connectivity index (χ4n) is 5.67. The van der Waals surface area contributed by atoms with E-state index in [9.17, 15) is 23.2 Å². The Morgan fingerprint density at radius 3 is 2.09 bits per heavy atom. The van der Waals surface area contributed by atoms with Crippen LogP contribution in [0.4, 0.5) is 14.5 Å². The molecule has 4 aromatic rings. The van der Waals surface area contributed by atoms with Crippen LogP contribution in [0.5, 0.6) is 0 Å². The van der Waals surface area contributed by atoms with E-state index in [0.717, 1.165) is 42.6 Å². The molecule has 5 rings (SSSR count). The lowest BCUT2D eigenvalue weighted by Gasteiger charge is -2.34. The first-order chi connectivity index (χ1) is 22.1. The van der Waals surface area contributed by atoms with Crippen molar-refractivity contribution in [2.45, 2.75) is 57.7 Å². The molecule has 10 heteroatoms.